The van der Waals surface area contributed by atoms with Crippen LogP contribution in [0.2, 0.25) is 0 Å². The smallest absolute Gasteiger partial charge is 0.158 e. The lowest BCUT2D eigenvalue weighted by Gasteiger charge is -1.88. The third kappa shape index (κ3) is 5.07. The average molecular weight is 128 g/mol. The van der Waals surface area contributed by atoms with Crippen LogP contribution in [0.4, 0.5) is 0 Å². The Balaban J connectivity index is 3.27. The molecule has 0 aliphatic rings. The van der Waals surface area contributed by atoms with E-state index in [1.807, 2.05) is 6.92 Å². The van der Waals surface area contributed by atoms with E-state index in [4.69, 9.17) is 5.11 Å². The highest BCUT2D eigenvalue weighted by atomic mass is 16.2. The molecule has 0 aliphatic heterocycles. The standard InChI is InChI=1S/C7H12O2/c1-2-3-4-7(9)5-6-8/h5-6,8H,2-4H2,1H3/b6-5+. The Labute approximate surface area is 55.2 Å². The first-order valence-corrected chi connectivity index (χ1v) is 3.14. The maximum absolute atomic E-state index is 10.6. The summed E-state index contributed by atoms with van der Waals surface area (Å²) in [5.41, 5.74) is 0. The van der Waals surface area contributed by atoms with E-state index in [-0.39, 0.29) is 5.78 Å². The molecule has 52 valence electrons. The maximum Gasteiger partial charge on any atom is 0.158 e. The van der Waals surface area contributed by atoms with Gasteiger partial charge < -0.3 is 5.11 Å². The highest BCUT2D eigenvalue weighted by molar-refractivity contribution is 5.89. The largest absolute Gasteiger partial charge is 0.515 e. The van der Waals surface area contributed by atoms with Gasteiger partial charge >= 0.3 is 0 Å². The van der Waals surface area contributed by atoms with Gasteiger partial charge in [0.2, 0.25) is 0 Å². The number of carbonyl (C=O) groups is 1. The fourth-order valence-electron chi connectivity index (χ4n) is 0.517. The van der Waals surface area contributed by atoms with Gasteiger partial charge in [-0.1, -0.05) is 13.3 Å². The Morgan fingerprint density at radius 2 is 2.33 bits per heavy atom. The Bertz CT molecular complexity index is 105. The van der Waals surface area contributed by atoms with E-state index in [1.165, 1.54) is 6.08 Å². The predicted octanol–water partition coefficient (Wildman–Crippen LogP) is 1.82. The van der Waals surface area contributed by atoms with Gasteiger partial charge in [0.05, 0.1) is 6.26 Å². The van der Waals surface area contributed by atoms with Crippen LogP contribution >= 0.6 is 0 Å². The summed E-state index contributed by atoms with van der Waals surface area (Å²) in [6.07, 6.45) is 4.45. The average Bonchev–Trinajstić information content (AvgIpc) is 1.85. The van der Waals surface area contributed by atoms with Crippen molar-refractivity contribution in [2.45, 2.75) is 26.2 Å². The molecule has 2 nitrogen and oxygen atoms in total. The van der Waals surface area contributed by atoms with Gasteiger partial charge in [0.1, 0.15) is 0 Å². The zero-order valence-corrected chi connectivity index (χ0v) is 5.63. The molecular weight excluding hydrogens is 116 g/mol. The van der Waals surface area contributed by atoms with Crippen molar-refractivity contribution in [1.82, 2.24) is 0 Å². The lowest BCUT2D eigenvalue weighted by Crippen LogP contribution is -1.90. The fourth-order valence-corrected chi connectivity index (χ4v) is 0.517. The number of hydrogen-bond donors (Lipinski definition) is 1. The Morgan fingerprint density at radius 3 is 2.78 bits per heavy atom. The zero-order chi connectivity index (χ0) is 7.11. The van der Waals surface area contributed by atoms with E-state index in [1.54, 1.807) is 0 Å². The predicted molar refractivity (Wildman–Crippen MR) is 36.3 cm³/mol. The number of aliphatic hydroxyl groups excluding tert-OH is 1. The molecule has 0 aromatic heterocycles. The Hall–Kier alpha value is -0.790. The van der Waals surface area contributed by atoms with Crippen molar-refractivity contribution in [3.05, 3.63) is 12.3 Å². The number of allylic oxidation sites excluding steroid dienone is 1. The highest BCUT2D eigenvalue weighted by Gasteiger charge is 1.92. The minimum atomic E-state index is -0.000602. The summed E-state index contributed by atoms with van der Waals surface area (Å²) in [6.45, 7) is 2.02. The molecule has 0 amide bonds. The third-order valence-corrected chi connectivity index (χ3v) is 1.04. The number of ketones is 1. The molecule has 9 heavy (non-hydrogen) atoms. The lowest BCUT2D eigenvalue weighted by atomic mass is 10.2. The molecule has 0 bridgehead atoms. The molecule has 0 heterocycles. The Kier molecular flexibility index (Phi) is 4.88. The van der Waals surface area contributed by atoms with Crippen molar-refractivity contribution in [2.24, 2.45) is 0 Å². The first kappa shape index (κ1) is 8.21. The van der Waals surface area contributed by atoms with Crippen LogP contribution in [0.15, 0.2) is 12.3 Å². The molecule has 0 aromatic carbocycles. The molecule has 0 fully saturated rings. The van der Waals surface area contributed by atoms with Gasteiger partial charge in [0, 0.05) is 12.5 Å². The Morgan fingerprint density at radius 1 is 1.67 bits per heavy atom. The van der Waals surface area contributed by atoms with Crippen LogP contribution in [0, 0.1) is 0 Å². The summed E-state index contributed by atoms with van der Waals surface area (Å²) in [5, 5.41) is 8.13. The first-order valence-electron chi connectivity index (χ1n) is 3.14. The minimum Gasteiger partial charge on any atom is -0.515 e. The van der Waals surface area contributed by atoms with Crippen molar-refractivity contribution >= 4 is 5.78 Å². The van der Waals surface area contributed by atoms with Gasteiger partial charge in [-0.05, 0) is 6.42 Å². The van der Waals surface area contributed by atoms with Gasteiger partial charge in [0.15, 0.2) is 5.78 Å². The van der Waals surface area contributed by atoms with Gasteiger partial charge in [-0.25, -0.2) is 0 Å². The van der Waals surface area contributed by atoms with Crippen molar-refractivity contribution in [2.75, 3.05) is 0 Å². The highest BCUT2D eigenvalue weighted by Crippen LogP contribution is 1.94. The van der Waals surface area contributed by atoms with Crippen LogP contribution in [0.25, 0.3) is 0 Å². The van der Waals surface area contributed by atoms with Crippen molar-refractivity contribution in [3.63, 3.8) is 0 Å². The van der Waals surface area contributed by atoms with E-state index in [0.717, 1.165) is 19.1 Å². The maximum atomic E-state index is 10.6. The van der Waals surface area contributed by atoms with Crippen molar-refractivity contribution in [1.29, 1.82) is 0 Å². The lowest BCUT2D eigenvalue weighted by molar-refractivity contribution is -0.114. The normalized spacial score (nSPS) is 10.3. The molecular formula is C7H12O2. The molecule has 0 spiro atoms. The number of carbonyl (C=O) groups excluding carboxylic acids is 1. The molecule has 0 unspecified atom stereocenters. The van der Waals surface area contributed by atoms with Crippen LogP contribution in [-0.4, -0.2) is 10.9 Å². The number of aliphatic hydroxyl groups is 1. The summed E-state index contributed by atoms with van der Waals surface area (Å²) in [6, 6.07) is 0. The molecule has 1 N–H and O–H groups in total. The van der Waals surface area contributed by atoms with E-state index in [2.05, 4.69) is 0 Å². The summed E-state index contributed by atoms with van der Waals surface area (Å²) < 4.78 is 0. The van der Waals surface area contributed by atoms with E-state index < -0.39 is 0 Å². The second-order valence-electron chi connectivity index (χ2n) is 1.89. The van der Waals surface area contributed by atoms with Gasteiger partial charge in [0.25, 0.3) is 0 Å². The van der Waals surface area contributed by atoms with E-state index in [0.29, 0.717) is 6.42 Å². The van der Waals surface area contributed by atoms with Crippen LogP contribution in [0.3, 0.4) is 0 Å². The number of hydrogen-bond acceptors (Lipinski definition) is 2. The molecule has 0 aliphatic carbocycles. The molecule has 2 heteroatoms. The monoisotopic (exact) mass is 128 g/mol. The number of rotatable bonds is 4. The summed E-state index contributed by atoms with van der Waals surface area (Å²) in [4.78, 5) is 10.6. The van der Waals surface area contributed by atoms with E-state index >= 15 is 0 Å². The fraction of sp³-hybridized carbons (Fsp3) is 0.571. The quantitative estimate of drug-likeness (QED) is 0.463. The van der Waals surface area contributed by atoms with Crippen LogP contribution < -0.4 is 0 Å². The summed E-state index contributed by atoms with van der Waals surface area (Å²) in [5.74, 6) is -0.000602. The van der Waals surface area contributed by atoms with E-state index in [9.17, 15) is 4.79 Å². The third-order valence-electron chi connectivity index (χ3n) is 1.04. The molecule has 0 saturated heterocycles. The SMILES string of the molecule is CCCCC(=O)/C=C/O. The van der Waals surface area contributed by atoms with Gasteiger partial charge in [-0.15, -0.1) is 0 Å². The van der Waals surface area contributed by atoms with Crippen LogP contribution in [-0.2, 0) is 4.79 Å². The molecule has 0 aromatic rings. The molecule has 0 radical (unpaired) electrons. The molecule has 0 saturated carbocycles. The molecule has 0 rings (SSSR count). The van der Waals surface area contributed by atoms with Crippen LogP contribution in [0.5, 0.6) is 0 Å². The van der Waals surface area contributed by atoms with Crippen LogP contribution in [0.1, 0.15) is 26.2 Å². The van der Waals surface area contributed by atoms with Crippen molar-refractivity contribution in [3.8, 4) is 0 Å². The van der Waals surface area contributed by atoms with Gasteiger partial charge in [-0.3, -0.25) is 4.79 Å². The first-order chi connectivity index (χ1) is 4.31. The second-order valence-corrected chi connectivity index (χ2v) is 1.89. The number of unbranched alkanes of at least 4 members (excludes halogenated alkanes) is 1. The molecule has 0 atom stereocenters. The minimum absolute atomic E-state index is 0.000602. The second kappa shape index (κ2) is 5.35. The summed E-state index contributed by atoms with van der Waals surface area (Å²) >= 11 is 0. The topological polar surface area (TPSA) is 37.3 Å². The summed E-state index contributed by atoms with van der Waals surface area (Å²) in [7, 11) is 0. The van der Waals surface area contributed by atoms with Crippen molar-refractivity contribution < 1.29 is 9.90 Å². The zero-order valence-electron chi connectivity index (χ0n) is 5.63. The van der Waals surface area contributed by atoms with Gasteiger partial charge in [-0.2, -0.15) is 0 Å².